The second-order valence-corrected chi connectivity index (χ2v) is 14.2. The third-order valence-corrected chi connectivity index (χ3v) is 11.0. The van der Waals surface area contributed by atoms with Gasteiger partial charge < -0.3 is 7.41 Å². The van der Waals surface area contributed by atoms with Crippen LogP contribution in [-0.2, 0) is 7.41 Å². The Hall–Kier alpha value is -1.87. The zero-order valence-corrected chi connectivity index (χ0v) is 30.3. The molecule has 4 unspecified atom stereocenters. The molecule has 4 rings (SSSR count). The van der Waals surface area contributed by atoms with Crippen molar-refractivity contribution in [3.05, 3.63) is 92.8 Å². The minimum atomic E-state index is -4.36. The van der Waals surface area contributed by atoms with Crippen LogP contribution in [0.25, 0.3) is 0 Å². The molecule has 0 saturated carbocycles. The summed E-state index contributed by atoms with van der Waals surface area (Å²) in [5, 5.41) is -4.03. The standard InChI is InChI=1S/C13H7BF7OP2.C12H4BF8OP2.CH3.Al/c1-2-5(15)13(24)8(18)4(12(2)23)14(22)3-6(16)9(19)11(21)10(20)7(3)17;14-3-1(4(15)7(18)8(19)6(3)17)13(22)2-5(16)12(24)10(21)9(20)11(2)23;;/h23-24H2,1H3;23-24H2;1H3;/q2*-1;;+2. The van der Waals surface area contributed by atoms with Crippen molar-refractivity contribution in [3.8, 4) is 0 Å². The fourth-order valence-corrected chi connectivity index (χ4v) is 7.63. The number of hydrogen-bond acceptors (Lipinski definition) is 2. The van der Waals surface area contributed by atoms with Crippen LogP contribution in [0.3, 0.4) is 0 Å². The van der Waals surface area contributed by atoms with E-state index in [1.807, 2.05) is 0 Å². The van der Waals surface area contributed by atoms with Crippen LogP contribution in [0.15, 0.2) is 0 Å². The van der Waals surface area contributed by atoms with Crippen molar-refractivity contribution in [3.63, 3.8) is 0 Å². The Kier molecular flexibility index (Phi) is 12.5. The van der Waals surface area contributed by atoms with E-state index in [9.17, 15) is 39.5 Å². The first-order chi connectivity index (χ1) is 23.1. The lowest BCUT2D eigenvalue weighted by Crippen LogP contribution is -2.61. The van der Waals surface area contributed by atoms with Crippen molar-refractivity contribution in [1.29, 1.82) is 0 Å². The molecule has 50 heavy (non-hydrogen) atoms. The molecule has 0 spiro atoms. The van der Waals surface area contributed by atoms with E-state index in [1.54, 1.807) is 18.5 Å². The maximum Gasteiger partial charge on any atom is 0.640 e. The van der Waals surface area contributed by atoms with Gasteiger partial charge in [-0.15, -0.1) is 18.5 Å². The van der Waals surface area contributed by atoms with Crippen LogP contribution < -0.4 is 43.1 Å². The number of halogens is 15. The molecule has 0 bridgehead atoms. The number of benzene rings is 4. The van der Waals surface area contributed by atoms with E-state index < -0.39 is 165 Å². The molecule has 0 N–H and O–H groups in total. The Morgan fingerprint density at radius 2 is 0.640 bits per heavy atom. The average molecular weight is 816 g/mol. The van der Waals surface area contributed by atoms with E-state index in [4.69, 9.17) is 7.41 Å². The van der Waals surface area contributed by atoms with Crippen LogP contribution in [-0.4, -0.2) is 28.6 Å². The zero-order chi connectivity index (χ0) is 38.0. The van der Waals surface area contributed by atoms with Gasteiger partial charge >= 0.3 is 28.6 Å². The van der Waals surface area contributed by atoms with Gasteiger partial charge in [-0.25, -0.2) is 65.9 Å². The maximum atomic E-state index is 15.7. The first-order valence-corrected chi connectivity index (χ1v) is 17.6. The first-order valence-electron chi connectivity index (χ1n) is 13.2. The maximum absolute atomic E-state index is 15.7. The van der Waals surface area contributed by atoms with Gasteiger partial charge in [0, 0.05) is 32.3 Å². The van der Waals surface area contributed by atoms with E-state index in [0.29, 0.717) is 0 Å². The van der Waals surface area contributed by atoms with Crippen LogP contribution in [0.1, 0.15) is 5.56 Å². The SMILES string of the molecule is Cc1c(F)c(P)c(F)c(B([O][Al]([CH3])[O]B(c2c(F)c(F)c(F)c(F)c2F)c2c(F)c(P)c(F)c(F)c2P)c2c(F)c(F)c(F)c(F)c2F)c1P. The summed E-state index contributed by atoms with van der Waals surface area (Å²) in [5.74, 6) is -34.2. The summed E-state index contributed by atoms with van der Waals surface area (Å²) in [6, 6.07) is 0. The van der Waals surface area contributed by atoms with Gasteiger partial charge in [-0.1, -0.05) is 24.3 Å². The fourth-order valence-electron chi connectivity index (χ4n) is 4.79. The van der Waals surface area contributed by atoms with Crippen LogP contribution in [0, 0.1) is 94.2 Å². The number of rotatable bonds is 8. The van der Waals surface area contributed by atoms with Gasteiger partial charge in [0.2, 0.25) is 0 Å². The third-order valence-electron chi connectivity index (χ3n) is 7.35. The molecule has 0 aromatic heterocycles. The van der Waals surface area contributed by atoms with E-state index in [1.165, 1.54) is 18.5 Å². The van der Waals surface area contributed by atoms with Gasteiger partial charge in [-0.2, -0.15) is 0 Å². The van der Waals surface area contributed by atoms with E-state index in [2.05, 4.69) is 0 Å². The summed E-state index contributed by atoms with van der Waals surface area (Å²) in [6.07, 6.45) is 0. The van der Waals surface area contributed by atoms with Crippen LogP contribution in [0.2, 0.25) is 5.79 Å². The lowest BCUT2D eigenvalue weighted by molar-refractivity contribution is 0.380. The highest BCUT2D eigenvalue weighted by Crippen LogP contribution is 2.21. The highest BCUT2D eigenvalue weighted by Gasteiger charge is 2.45. The predicted molar refractivity (Wildman–Crippen MR) is 171 cm³/mol. The summed E-state index contributed by atoms with van der Waals surface area (Å²) >= 11 is -4.36. The van der Waals surface area contributed by atoms with E-state index in [-0.39, 0.29) is 0 Å². The minimum Gasteiger partial charge on any atom is -0.538 e. The summed E-state index contributed by atoms with van der Waals surface area (Å²) < 4.78 is 232. The highest BCUT2D eigenvalue weighted by atomic mass is 31.0. The molecule has 0 heterocycles. The van der Waals surface area contributed by atoms with Crippen molar-refractivity contribution in [2.45, 2.75) is 12.7 Å². The lowest BCUT2D eigenvalue weighted by atomic mass is 9.54. The smallest absolute Gasteiger partial charge is 0.538 e. The van der Waals surface area contributed by atoms with E-state index >= 15 is 26.3 Å². The summed E-state index contributed by atoms with van der Waals surface area (Å²) in [4.78, 5) is 0. The van der Waals surface area contributed by atoms with Crippen molar-refractivity contribution >= 4 is 109 Å². The van der Waals surface area contributed by atoms with Crippen molar-refractivity contribution in [2.24, 2.45) is 0 Å². The van der Waals surface area contributed by atoms with Crippen molar-refractivity contribution in [1.82, 2.24) is 0 Å². The molecule has 0 fully saturated rings. The Morgan fingerprint density at radius 3 is 1.00 bits per heavy atom. The highest BCUT2D eigenvalue weighted by molar-refractivity contribution is 7.30. The molecule has 0 aliphatic carbocycles. The molecule has 4 atom stereocenters. The molecule has 0 radical (unpaired) electrons. The molecule has 4 aromatic rings. The Labute approximate surface area is 287 Å². The topological polar surface area (TPSA) is 18.5 Å². The Bertz CT molecular complexity index is 1700. The molecule has 4 aromatic carbocycles. The molecular formula is C26H14AlB2F15O2P4. The Balaban J connectivity index is 2.04. The molecular weight excluding hydrogens is 802 g/mol. The summed E-state index contributed by atoms with van der Waals surface area (Å²) in [6.45, 7) is -4.81. The average Bonchev–Trinajstić information content (AvgIpc) is 3.07. The molecule has 0 saturated heterocycles. The van der Waals surface area contributed by atoms with Gasteiger partial charge in [0.1, 0.15) is 17.5 Å². The first kappa shape index (κ1) is 40.9. The third kappa shape index (κ3) is 6.73. The van der Waals surface area contributed by atoms with Crippen LogP contribution in [0.4, 0.5) is 65.9 Å². The van der Waals surface area contributed by atoms with Gasteiger partial charge in [0.05, 0.1) is 0 Å². The van der Waals surface area contributed by atoms with Crippen LogP contribution in [0.5, 0.6) is 0 Å². The largest absolute Gasteiger partial charge is 0.640 e. The zero-order valence-electron chi connectivity index (χ0n) is 24.5. The quantitative estimate of drug-likeness (QED) is 0.0897. The minimum absolute atomic E-state index is 0.465. The lowest BCUT2D eigenvalue weighted by Gasteiger charge is -2.27. The van der Waals surface area contributed by atoms with Gasteiger partial charge in [-0.05, 0) is 23.3 Å². The molecule has 24 heteroatoms. The molecule has 0 aliphatic rings. The fraction of sp³-hybridized carbons (Fsp3) is 0.0769. The van der Waals surface area contributed by atoms with Crippen molar-refractivity contribution < 1.29 is 73.3 Å². The molecule has 2 nitrogen and oxygen atoms in total. The van der Waals surface area contributed by atoms with Gasteiger partial charge in [0.15, 0.2) is 69.8 Å². The second kappa shape index (κ2) is 15.2. The number of hydrogen-bond donors (Lipinski definition) is 0. The Morgan fingerprint density at radius 1 is 0.360 bits per heavy atom. The predicted octanol–water partition coefficient (Wildman–Crippen LogP) is 3.15. The monoisotopic (exact) mass is 816 g/mol. The molecule has 264 valence electrons. The van der Waals surface area contributed by atoms with Crippen LogP contribution >= 0.6 is 37.0 Å². The van der Waals surface area contributed by atoms with Gasteiger partial charge in [0.25, 0.3) is 0 Å². The normalized spacial score (nSPS) is 11.5. The second-order valence-electron chi connectivity index (χ2n) is 10.2. The van der Waals surface area contributed by atoms with E-state index in [0.717, 1.165) is 12.7 Å². The molecule has 0 aliphatic heterocycles. The summed E-state index contributed by atoms with van der Waals surface area (Å²) in [7, 11) is 6.15. The van der Waals surface area contributed by atoms with Gasteiger partial charge in [-0.3, -0.25) is 0 Å². The molecule has 0 amide bonds. The van der Waals surface area contributed by atoms with Crippen molar-refractivity contribution in [2.75, 3.05) is 0 Å². The summed E-state index contributed by atoms with van der Waals surface area (Å²) in [5.41, 5.74) is -6.91.